The number of ether oxygens (including phenoxy) is 2. The number of hydrogen-bond donors (Lipinski definition) is 2. The zero-order valence-electron chi connectivity index (χ0n) is 15.6. The molecule has 2 heterocycles. The molecule has 146 valence electrons. The van der Waals surface area contributed by atoms with E-state index in [9.17, 15) is 9.59 Å². The van der Waals surface area contributed by atoms with Gasteiger partial charge in [0.2, 0.25) is 0 Å². The molecular formula is C22H19N3O4. The molecule has 7 heteroatoms. The Morgan fingerprint density at radius 3 is 2.28 bits per heavy atom. The van der Waals surface area contributed by atoms with Crippen molar-refractivity contribution in [2.24, 2.45) is 0 Å². The quantitative estimate of drug-likeness (QED) is 0.709. The summed E-state index contributed by atoms with van der Waals surface area (Å²) < 4.78 is 11.2. The SMILES string of the molecule is O=C(Nc1ccc2c(c1)OCCCO2)c1ccc(NC(=O)c2ccccn2)cc1. The van der Waals surface area contributed by atoms with Crippen LogP contribution in [0.15, 0.2) is 66.9 Å². The van der Waals surface area contributed by atoms with Crippen LogP contribution in [0.2, 0.25) is 0 Å². The molecule has 2 amide bonds. The summed E-state index contributed by atoms with van der Waals surface area (Å²) in [5.41, 5.74) is 1.98. The van der Waals surface area contributed by atoms with Crippen molar-refractivity contribution < 1.29 is 19.1 Å². The third-order valence-corrected chi connectivity index (χ3v) is 4.31. The fourth-order valence-electron chi connectivity index (χ4n) is 2.84. The van der Waals surface area contributed by atoms with Gasteiger partial charge in [-0.2, -0.15) is 0 Å². The third kappa shape index (κ3) is 4.52. The predicted molar refractivity (Wildman–Crippen MR) is 109 cm³/mol. The molecule has 0 unspecified atom stereocenters. The van der Waals surface area contributed by atoms with Gasteiger partial charge in [-0.05, 0) is 48.5 Å². The summed E-state index contributed by atoms with van der Waals surface area (Å²) in [5.74, 6) is 0.721. The fourth-order valence-corrected chi connectivity index (χ4v) is 2.84. The zero-order valence-corrected chi connectivity index (χ0v) is 15.6. The van der Waals surface area contributed by atoms with E-state index in [0.717, 1.165) is 6.42 Å². The summed E-state index contributed by atoms with van der Waals surface area (Å²) in [7, 11) is 0. The lowest BCUT2D eigenvalue weighted by atomic mass is 10.2. The Kier molecular flexibility index (Phi) is 5.38. The molecule has 0 bridgehead atoms. The number of carbonyl (C=O) groups is 2. The number of pyridine rings is 1. The van der Waals surface area contributed by atoms with Crippen LogP contribution in [0.3, 0.4) is 0 Å². The molecule has 2 aromatic carbocycles. The Hall–Kier alpha value is -3.87. The van der Waals surface area contributed by atoms with Crippen LogP contribution in [-0.2, 0) is 0 Å². The molecule has 0 saturated carbocycles. The summed E-state index contributed by atoms with van der Waals surface area (Å²) >= 11 is 0. The predicted octanol–water partition coefficient (Wildman–Crippen LogP) is 3.75. The minimum Gasteiger partial charge on any atom is -0.490 e. The molecule has 1 aliphatic rings. The lowest BCUT2D eigenvalue weighted by molar-refractivity contribution is 0.101. The van der Waals surface area contributed by atoms with Gasteiger partial charge in [-0.25, -0.2) is 0 Å². The number of nitrogens with zero attached hydrogens (tertiary/aromatic N) is 1. The van der Waals surface area contributed by atoms with Crippen LogP contribution in [-0.4, -0.2) is 30.0 Å². The summed E-state index contributed by atoms with van der Waals surface area (Å²) in [4.78, 5) is 28.7. The molecule has 0 radical (unpaired) electrons. The Morgan fingerprint density at radius 1 is 0.793 bits per heavy atom. The van der Waals surface area contributed by atoms with Gasteiger partial charge in [0.1, 0.15) is 5.69 Å². The Bertz CT molecular complexity index is 1020. The maximum Gasteiger partial charge on any atom is 0.274 e. The van der Waals surface area contributed by atoms with Crippen LogP contribution in [0.25, 0.3) is 0 Å². The molecule has 0 aliphatic carbocycles. The van der Waals surface area contributed by atoms with E-state index >= 15 is 0 Å². The second-order valence-electron chi connectivity index (χ2n) is 6.41. The summed E-state index contributed by atoms with van der Waals surface area (Å²) in [6, 6.07) is 17.1. The number of amides is 2. The van der Waals surface area contributed by atoms with E-state index in [0.29, 0.717) is 47.3 Å². The first-order chi connectivity index (χ1) is 14.2. The van der Waals surface area contributed by atoms with Crippen molar-refractivity contribution in [2.45, 2.75) is 6.42 Å². The standard InChI is InChI=1S/C22H19N3O4/c26-21(25-17-9-10-19-20(14-17)29-13-3-12-28-19)15-5-7-16(8-6-15)24-22(27)18-4-1-2-11-23-18/h1-2,4-11,14H,3,12-13H2,(H,24,27)(H,25,26). The number of fused-ring (bicyclic) bond motifs is 1. The van der Waals surface area contributed by atoms with Crippen molar-refractivity contribution in [1.82, 2.24) is 4.98 Å². The van der Waals surface area contributed by atoms with Crippen molar-refractivity contribution in [3.8, 4) is 11.5 Å². The van der Waals surface area contributed by atoms with Crippen LogP contribution in [0.5, 0.6) is 11.5 Å². The molecule has 1 aromatic heterocycles. The maximum atomic E-state index is 12.5. The Labute approximate surface area is 167 Å². The van der Waals surface area contributed by atoms with Gasteiger partial charge in [0.15, 0.2) is 11.5 Å². The molecule has 0 spiro atoms. The van der Waals surface area contributed by atoms with Gasteiger partial charge in [0.25, 0.3) is 11.8 Å². The number of rotatable bonds is 4. The van der Waals surface area contributed by atoms with Crippen LogP contribution in [0.4, 0.5) is 11.4 Å². The first kappa shape index (κ1) is 18.5. The average Bonchev–Trinajstić information content (AvgIpc) is 3.00. The lowest BCUT2D eigenvalue weighted by Crippen LogP contribution is -2.14. The largest absolute Gasteiger partial charge is 0.490 e. The van der Waals surface area contributed by atoms with E-state index < -0.39 is 0 Å². The van der Waals surface area contributed by atoms with Crippen molar-refractivity contribution in [1.29, 1.82) is 0 Å². The lowest BCUT2D eigenvalue weighted by Gasteiger charge is -2.11. The van der Waals surface area contributed by atoms with Gasteiger partial charge in [-0.1, -0.05) is 6.07 Å². The van der Waals surface area contributed by atoms with E-state index in [2.05, 4.69) is 15.6 Å². The number of benzene rings is 2. The molecular weight excluding hydrogens is 370 g/mol. The fraction of sp³-hybridized carbons (Fsp3) is 0.136. The van der Waals surface area contributed by atoms with Crippen molar-refractivity contribution in [3.63, 3.8) is 0 Å². The van der Waals surface area contributed by atoms with E-state index in [1.54, 1.807) is 66.9 Å². The molecule has 29 heavy (non-hydrogen) atoms. The first-order valence-corrected chi connectivity index (χ1v) is 9.22. The molecule has 0 fully saturated rings. The summed E-state index contributed by atoms with van der Waals surface area (Å²) in [5, 5.41) is 5.59. The van der Waals surface area contributed by atoms with E-state index in [1.807, 2.05) is 0 Å². The Balaban J connectivity index is 1.40. The monoisotopic (exact) mass is 389 g/mol. The van der Waals surface area contributed by atoms with Crippen LogP contribution in [0, 0.1) is 0 Å². The second kappa shape index (κ2) is 8.43. The van der Waals surface area contributed by atoms with Crippen molar-refractivity contribution in [2.75, 3.05) is 23.8 Å². The topological polar surface area (TPSA) is 89.5 Å². The number of carbonyl (C=O) groups excluding carboxylic acids is 2. The van der Waals surface area contributed by atoms with Gasteiger partial charge >= 0.3 is 0 Å². The zero-order chi connectivity index (χ0) is 20.1. The number of hydrogen-bond acceptors (Lipinski definition) is 5. The highest BCUT2D eigenvalue weighted by molar-refractivity contribution is 6.05. The average molecular weight is 389 g/mol. The van der Waals surface area contributed by atoms with E-state index in [-0.39, 0.29) is 11.8 Å². The molecule has 2 N–H and O–H groups in total. The smallest absolute Gasteiger partial charge is 0.274 e. The van der Waals surface area contributed by atoms with Gasteiger partial charge in [0.05, 0.1) is 13.2 Å². The second-order valence-corrected chi connectivity index (χ2v) is 6.41. The molecule has 4 rings (SSSR count). The highest BCUT2D eigenvalue weighted by Gasteiger charge is 2.13. The minimum atomic E-state index is -0.310. The van der Waals surface area contributed by atoms with Crippen LogP contribution in [0.1, 0.15) is 27.3 Å². The van der Waals surface area contributed by atoms with Gasteiger partial charge in [0, 0.05) is 35.6 Å². The van der Waals surface area contributed by atoms with Gasteiger partial charge < -0.3 is 20.1 Å². The highest BCUT2D eigenvalue weighted by atomic mass is 16.5. The number of aromatic nitrogens is 1. The van der Waals surface area contributed by atoms with E-state index in [4.69, 9.17) is 9.47 Å². The molecule has 1 aliphatic heterocycles. The highest BCUT2D eigenvalue weighted by Crippen LogP contribution is 2.32. The van der Waals surface area contributed by atoms with Gasteiger partial charge in [-0.3, -0.25) is 14.6 Å². The number of anilines is 2. The van der Waals surface area contributed by atoms with Crippen LogP contribution < -0.4 is 20.1 Å². The van der Waals surface area contributed by atoms with Gasteiger partial charge in [-0.15, -0.1) is 0 Å². The van der Waals surface area contributed by atoms with Crippen molar-refractivity contribution >= 4 is 23.2 Å². The minimum absolute atomic E-state index is 0.262. The normalized spacial score (nSPS) is 12.6. The number of nitrogens with one attached hydrogen (secondary N) is 2. The summed E-state index contributed by atoms with van der Waals surface area (Å²) in [6.07, 6.45) is 2.38. The van der Waals surface area contributed by atoms with E-state index in [1.165, 1.54) is 0 Å². The molecule has 7 nitrogen and oxygen atoms in total. The first-order valence-electron chi connectivity index (χ1n) is 9.22. The van der Waals surface area contributed by atoms with Crippen molar-refractivity contribution in [3.05, 3.63) is 78.1 Å². The maximum absolute atomic E-state index is 12.5. The summed E-state index contributed by atoms with van der Waals surface area (Å²) in [6.45, 7) is 1.19. The molecule has 3 aromatic rings. The van der Waals surface area contributed by atoms with Crippen LogP contribution >= 0.6 is 0 Å². The molecule has 0 saturated heterocycles. The third-order valence-electron chi connectivity index (χ3n) is 4.31. The molecule has 0 atom stereocenters. The Morgan fingerprint density at radius 2 is 1.52 bits per heavy atom.